The highest BCUT2D eigenvalue weighted by Gasteiger charge is 2.16. The maximum Gasteiger partial charge on any atom is 0.258 e. The van der Waals surface area contributed by atoms with Crippen molar-refractivity contribution in [2.24, 2.45) is 11.7 Å². The zero-order valence-electron chi connectivity index (χ0n) is 12.3. The van der Waals surface area contributed by atoms with Crippen molar-refractivity contribution in [1.29, 1.82) is 0 Å². The number of carbonyl (C=O) groups is 1. The first-order valence-corrected chi connectivity index (χ1v) is 7.27. The Bertz CT molecular complexity index is 449. The molecule has 0 aromatic heterocycles. The predicted molar refractivity (Wildman–Crippen MR) is 81.9 cm³/mol. The number of nitrogens with two attached hydrogens (primary N) is 1. The molecular weight excluding hydrogens is 276 g/mol. The molecule has 5 heteroatoms. The van der Waals surface area contributed by atoms with Crippen LogP contribution in [0.5, 0.6) is 5.75 Å². The average molecular weight is 299 g/mol. The van der Waals surface area contributed by atoms with Gasteiger partial charge in [-0.1, -0.05) is 38.4 Å². The summed E-state index contributed by atoms with van der Waals surface area (Å²) in [6.45, 7) is 7.87. The van der Waals surface area contributed by atoms with Crippen LogP contribution in [0.15, 0.2) is 18.2 Å². The fourth-order valence-electron chi connectivity index (χ4n) is 1.75. The molecule has 0 radical (unpaired) electrons. The Morgan fingerprint density at radius 2 is 2.15 bits per heavy atom. The van der Waals surface area contributed by atoms with E-state index < -0.39 is 12.0 Å². The lowest BCUT2D eigenvalue weighted by Crippen LogP contribution is -2.33. The zero-order chi connectivity index (χ0) is 15.1. The van der Waals surface area contributed by atoms with Crippen LogP contribution in [0.1, 0.15) is 32.8 Å². The summed E-state index contributed by atoms with van der Waals surface area (Å²) >= 11 is 6.17. The molecule has 0 saturated carbocycles. The Kier molecular flexibility index (Phi) is 6.82. The molecule has 112 valence electrons. The van der Waals surface area contributed by atoms with Gasteiger partial charge in [-0.05, 0) is 36.6 Å². The Morgan fingerprint density at radius 1 is 1.45 bits per heavy atom. The standard InChI is InChI=1S/C15H23ClN2O2/c1-4-13(15(17)19)20-14-6-5-11(7-12(14)16)9-18-8-10(2)3/h5-7,10,13,18H,4,8-9H2,1-3H3,(H2,17,19). The molecule has 1 unspecified atom stereocenters. The van der Waals surface area contributed by atoms with Crippen LogP contribution in [-0.4, -0.2) is 18.6 Å². The summed E-state index contributed by atoms with van der Waals surface area (Å²) in [5.41, 5.74) is 6.33. The average Bonchev–Trinajstić information content (AvgIpc) is 2.37. The second kappa shape index (κ2) is 8.12. The number of amides is 1. The summed E-state index contributed by atoms with van der Waals surface area (Å²) in [4.78, 5) is 11.2. The second-order valence-electron chi connectivity index (χ2n) is 5.21. The van der Waals surface area contributed by atoms with E-state index in [1.54, 1.807) is 6.07 Å². The SMILES string of the molecule is CCC(Oc1ccc(CNCC(C)C)cc1Cl)C(N)=O. The van der Waals surface area contributed by atoms with Gasteiger partial charge in [0.15, 0.2) is 6.10 Å². The predicted octanol–water partition coefficient (Wildman–Crippen LogP) is 2.73. The molecule has 1 aromatic rings. The highest BCUT2D eigenvalue weighted by atomic mass is 35.5. The van der Waals surface area contributed by atoms with Gasteiger partial charge in [-0.25, -0.2) is 0 Å². The van der Waals surface area contributed by atoms with E-state index in [4.69, 9.17) is 22.1 Å². The number of hydrogen-bond donors (Lipinski definition) is 2. The number of nitrogens with one attached hydrogen (secondary N) is 1. The van der Waals surface area contributed by atoms with Crippen LogP contribution >= 0.6 is 11.6 Å². The van der Waals surface area contributed by atoms with Crippen LogP contribution in [0.25, 0.3) is 0 Å². The van der Waals surface area contributed by atoms with Gasteiger partial charge >= 0.3 is 0 Å². The molecule has 1 rings (SSSR count). The van der Waals surface area contributed by atoms with Gasteiger partial charge in [0.2, 0.25) is 0 Å². The van der Waals surface area contributed by atoms with E-state index in [1.807, 2.05) is 19.1 Å². The van der Waals surface area contributed by atoms with Gasteiger partial charge in [0.1, 0.15) is 5.75 Å². The van der Waals surface area contributed by atoms with Crippen LogP contribution in [0, 0.1) is 5.92 Å². The normalized spacial score (nSPS) is 12.4. The van der Waals surface area contributed by atoms with E-state index in [9.17, 15) is 4.79 Å². The van der Waals surface area contributed by atoms with Crippen LogP contribution in [0.3, 0.4) is 0 Å². The first-order valence-electron chi connectivity index (χ1n) is 6.89. The Balaban J connectivity index is 2.65. The topological polar surface area (TPSA) is 64.3 Å². The number of ether oxygens (including phenoxy) is 1. The molecule has 0 bridgehead atoms. The molecule has 0 spiro atoms. The molecule has 4 nitrogen and oxygen atoms in total. The minimum Gasteiger partial charge on any atom is -0.479 e. The van der Waals surface area contributed by atoms with Gasteiger partial charge in [-0.3, -0.25) is 4.79 Å². The first kappa shape index (κ1) is 16.8. The molecule has 0 aliphatic heterocycles. The highest BCUT2D eigenvalue weighted by molar-refractivity contribution is 6.32. The monoisotopic (exact) mass is 298 g/mol. The maximum absolute atomic E-state index is 11.2. The van der Waals surface area contributed by atoms with Crippen molar-refractivity contribution < 1.29 is 9.53 Å². The molecule has 1 aromatic carbocycles. The van der Waals surface area contributed by atoms with E-state index >= 15 is 0 Å². The van der Waals surface area contributed by atoms with Gasteiger partial charge in [-0.15, -0.1) is 0 Å². The fourth-order valence-corrected chi connectivity index (χ4v) is 2.00. The second-order valence-corrected chi connectivity index (χ2v) is 5.61. The molecule has 3 N–H and O–H groups in total. The molecule has 20 heavy (non-hydrogen) atoms. The summed E-state index contributed by atoms with van der Waals surface area (Å²) in [5, 5.41) is 3.84. The van der Waals surface area contributed by atoms with Crippen molar-refractivity contribution in [2.75, 3.05) is 6.54 Å². The van der Waals surface area contributed by atoms with Crippen molar-refractivity contribution >= 4 is 17.5 Å². The van der Waals surface area contributed by atoms with E-state index in [1.165, 1.54) is 0 Å². The quantitative estimate of drug-likeness (QED) is 0.775. The van der Waals surface area contributed by atoms with Crippen LogP contribution < -0.4 is 15.8 Å². The third-order valence-electron chi connectivity index (χ3n) is 2.84. The Labute approximate surface area is 125 Å². The lowest BCUT2D eigenvalue weighted by atomic mass is 10.2. The molecule has 0 aliphatic carbocycles. The van der Waals surface area contributed by atoms with Gasteiger partial charge in [0, 0.05) is 6.54 Å². The molecule has 0 heterocycles. The summed E-state index contributed by atoms with van der Waals surface area (Å²) in [6.07, 6.45) is -0.124. The number of carbonyl (C=O) groups excluding carboxylic acids is 1. The van der Waals surface area contributed by atoms with Crippen molar-refractivity contribution in [3.8, 4) is 5.75 Å². The van der Waals surface area contributed by atoms with E-state index in [0.29, 0.717) is 23.1 Å². The number of halogens is 1. The van der Waals surface area contributed by atoms with Crippen LogP contribution in [0.2, 0.25) is 5.02 Å². The van der Waals surface area contributed by atoms with Crippen molar-refractivity contribution in [3.05, 3.63) is 28.8 Å². The number of hydrogen-bond acceptors (Lipinski definition) is 3. The maximum atomic E-state index is 11.2. The molecule has 0 aliphatic rings. The minimum atomic E-state index is -0.641. The van der Waals surface area contributed by atoms with Gasteiger partial charge in [-0.2, -0.15) is 0 Å². The van der Waals surface area contributed by atoms with E-state index in [0.717, 1.165) is 18.7 Å². The molecule has 0 saturated heterocycles. The first-order chi connectivity index (χ1) is 9.43. The van der Waals surface area contributed by atoms with Crippen molar-refractivity contribution in [3.63, 3.8) is 0 Å². The Hall–Kier alpha value is -1.26. The lowest BCUT2D eigenvalue weighted by molar-refractivity contribution is -0.124. The van der Waals surface area contributed by atoms with E-state index in [2.05, 4.69) is 19.2 Å². The van der Waals surface area contributed by atoms with Crippen LogP contribution in [-0.2, 0) is 11.3 Å². The Morgan fingerprint density at radius 3 is 2.65 bits per heavy atom. The number of rotatable bonds is 8. The van der Waals surface area contributed by atoms with Crippen LogP contribution in [0.4, 0.5) is 0 Å². The zero-order valence-corrected chi connectivity index (χ0v) is 13.0. The molecule has 0 fully saturated rings. The molecule has 1 atom stereocenters. The smallest absolute Gasteiger partial charge is 0.258 e. The lowest BCUT2D eigenvalue weighted by Gasteiger charge is -2.16. The summed E-state index contributed by atoms with van der Waals surface area (Å²) in [5.74, 6) is 0.616. The van der Waals surface area contributed by atoms with Gasteiger partial charge in [0.05, 0.1) is 5.02 Å². The number of primary amides is 1. The highest BCUT2D eigenvalue weighted by Crippen LogP contribution is 2.26. The van der Waals surface area contributed by atoms with Crippen molar-refractivity contribution in [1.82, 2.24) is 5.32 Å². The van der Waals surface area contributed by atoms with Gasteiger partial charge in [0.25, 0.3) is 5.91 Å². The fraction of sp³-hybridized carbons (Fsp3) is 0.533. The summed E-state index contributed by atoms with van der Waals surface area (Å²) in [7, 11) is 0. The van der Waals surface area contributed by atoms with Crippen molar-refractivity contribution in [2.45, 2.75) is 39.8 Å². The van der Waals surface area contributed by atoms with E-state index in [-0.39, 0.29) is 0 Å². The van der Waals surface area contributed by atoms with Gasteiger partial charge < -0.3 is 15.8 Å². The minimum absolute atomic E-state index is 0.480. The third kappa shape index (κ3) is 5.39. The third-order valence-corrected chi connectivity index (χ3v) is 3.13. The number of benzene rings is 1. The molecule has 1 amide bonds. The molecular formula is C15H23ClN2O2. The summed E-state index contributed by atoms with van der Waals surface area (Å²) in [6, 6.07) is 5.56. The summed E-state index contributed by atoms with van der Waals surface area (Å²) < 4.78 is 5.53. The largest absolute Gasteiger partial charge is 0.479 e.